The Morgan fingerprint density at radius 2 is 1.81 bits per heavy atom. The van der Waals surface area contributed by atoms with E-state index in [9.17, 15) is 4.79 Å². The molecule has 2 fully saturated rings. The lowest BCUT2D eigenvalue weighted by atomic mass is 9.91. The van der Waals surface area contributed by atoms with Crippen LogP contribution in [0.5, 0.6) is 0 Å². The second kappa shape index (κ2) is 11.7. The Morgan fingerprint density at radius 3 is 2.45 bits per heavy atom. The summed E-state index contributed by atoms with van der Waals surface area (Å²) in [4.78, 5) is 30.5. The molecule has 1 saturated heterocycles. The highest BCUT2D eigenvalue weighted by molar-refractivity contribution is 6.30. The zero-order valence-electron chi connectivity index (χ0n) is 24.4. The summed E-state index contributed by atoms with van der Waals surface area (Å²) in [6.45, 7) is 7.12. The number of H-pyrrole nitrogens is 1. The smallest absolute Gasteiger partial charge is 0.361 e. The number of anilines is 1. The predicted octanol–water partition coefficient (Wildman–Crippen LogP) is 6.56. The molecule has 5 aromatic heterocycles. The Balaban J connectivity index is 0.000000397. The molecular formula is C30H35ClN8O3. The van der Waals surface area contributed by atoms with Crippen molar-refractivity contribution in [1.82, 2.24) is 34.8 Å². The van der Waals surface area contributed by atoms with E-state index in [1.54, 1.807) is 24.5 Å². The molecule has 42 heavy (non-hydrogen) atoms. The van der Waals surface area contributed by atoms with Gasteiger partial charge in [0.2, 0.25) is 11.8 Å². The normalized spacial score (nSPS) is 17.5. The van der Waals surface area contributed by atoms with Crippen LogP contribution < -0.4 is 10.7 Å². The van der Waals surface area contributed by atoms with E-state index < -0.39 is 5.76 Å². The summed E-state index contributed by atoms with van der Waals surface area (Å²) in [6.07, 6.45) is 12.7. The number of aromatic nitrogens is 7. The first-order chi connectivity index (χ1) is 20.3. The van der Waals surface area contributed by atoms with Crippen LogP contribution in [-0.2, 0) is 7.05 Å². The molecule has 7 rings (SSSR count). The van der Waals surface area contributed by atoms with E-state index in [0.29, 0.717) is 27.5 Å². The van der Waals surface area contributed by atoms with Crippen LogP contribution in [0.2, 0.25) is 5.02 Å². The SMILES string of the molecule is CC1CCCCC1.Cc1noc(C)c1C1CCCN1c1nc2cc(-c3noc(=O)[nH]3)nc(-c3cncc(Cl)c3)c2n1C. The Morgan fingerprint density at radius 1 is 1.00 bits per heavy atom. The molecule has 2 aliphatic rings. The molecule has 1 aliphatic heterocycles. The molecule has 6 heterocycles. The van der Waals surface area contributed by atoms with Gasteiger partial charge in [0.1, 0.15) is 11.5 Å². The Labute approximate surface area is 248 Å². The van der Waals surface area contributed by atoms with Crippen molar-refractivity contribution in [2.24, 2.45) is 13.0 Å². The van der Waals surface area contributed by atoms with E-state index in [0.717, 1.165) is 53.8 Å². The van der Waals surface area contributed by atoms with E-state index in [4.69, 9.17) is 30.6 Å². The second-order valence-electron chi connectivity index (χ2n) is 11.4. The number of halogens is 1. The lowest BCUT2D eigenvalue weighted by Gasteiger charge is -2.25. The molecule has 1 N–H and O–H groups in total. The molecule has 5 aromatic rings. The highest BCUT2D eigenvalue weighted by Crippen LogP contribution is 2.41. The minimum Gasteiger partial charge on any atom is -0.361 e. The van der Waals surface area contributed by atoms with Crippen LogP contribution in [-0.4, -0.2) is 41.4 Å². The van der Waals surface area contributed by atoms with Gasteiger partial charge in [0, 0.05) is 37.1 Å². The topological polar surface area (TPSA) is 132 Å². The van der Waals surface area contributed by atoms with Crippen LogP contribution in [0.3, 0.4) is 0 Å². The van der Waals surface area contributed by atoms with Gasteiger partial charge in [0.05, 0.1) is 33.5 Å². The lowest BCUT2D eigenvalue weighted by Crippen LogP contribution is -2.26. The van der Waals surface area contributed by atoms with Crippen molar-refractivity contribution in [3.63, 3.8) is 0 Å². The summed E-state index contributed by atoms with van der Waals surface area (Å²) < 4.78 is 12.2. The molecule has 11 nitrogen and oxygen atoms in total. The molecule has 0 amide bonds. The largest absolute Gasteiger partial charge is 0.439 e. The van der Waals surface area contributed by atoms with E-state index in [2.05, 4.69) is 32.1 Å². The first-order valence-electron chi connectivity index (χ1n) is 14.5. The molecule has 1 unspecified atom stereocenters. The summed E-state index contributed by atoms with van der Waals surface area (Å²) in [5.74, 6) is 2.21. The predicted molar refractivity (Wildman–Crippen MR) is 160 cm³/mol. The molecule has 1 saturated carbocycles. The Hall–Kier alpha value is -3.99. The summed E-state index contributed by atoms with van der Waals surface area (Å²) in [5.41, 5.74) is 5.25. The van der Waals surface area contributed by atoms with Gasteiger partial charge in [-0.1, -0.05) is 60.9 Å². The maximum atomic E-state index is 11.6. The third kappa shape index (κ3) is 5.45. The number of pyridine rings is 2. The Kier molecular flexibility index (Phi) is 7.85. The van der Waals surface area contributed by atoms with Gasteiger partial charge < -0.3 is 14.0 Å². The van der Waals surface area contributed by atoms with Crippen molar-refractivity contribution in [3.05, 3.63) is 57.1 Å². The third-order valence-corrected chi connectivity index (χ3v) is 8.52. The average Bonchev–Trinajstić information content (AvgIpc) is 3.76. The number of aromatic amines is 1. The molecule has 0 spiro atoms. The molecule has 12 heteroatoms. The fourth-order valence-corrected chi connectivity index (χ4v) is 6.44. The summed E-state index contributed by atoms with van der Waals surface area (Å²) in [7, 11) is 1.97. The number of fused-ring (bicyclic) bond motifs is 1. The van der Waals surface area contributed by atoms with Gasteiger partial charge in [-0.25, -0.2) is 14.8 Å². The van der Waals surface area contributed by atoms with Crippen LogP contribution in [0.25, 0.3) is 33.8 Å². The zero-order valence-corrected chi connectivity index (χ0v) is 25.1. The van der Waals surface area contributed by atoms with Gasteiger partial charge in [-0.15, -0.1) is 0 Å². The summed E-state index contributed by atoms with van der Waals surface area (Å²) in [5, 5.41) is 8.45. The number of rotatable bonds is 4. The fraction of sp³-hybridized carbons (Fsp3) is 0.467. The molecule has 0 radical (unpaired) electrons. The maximum absolute atomic E-state index is 11.6. The van der Waals surface area contributed by atoms with Gasteiger partial charge in [-0.05, 0) is 44.7 Å². The molecule has 1 atom stereocenters. The van der Waals surface area contributed by atoms with E-state index >= 15 is 0 Å². The minimum absolute atomic E-state index is 0.104. The molecule has 0 aromatic carbocycles. The lowest BCUT2D eigenvalue weighted by molar-refractivity contribution is 0.385. The van der Waals surface area contributed by atoms with Gasteiger partial charge >= 0.3 is 5.76 Å². The maximum Gasteiger partial charge on any atom is 0.439 e. The second-order valence-corrected chi connectivity index (χ2v) is 11.8. The number of imidazole rings is 1. The van der Waals surface area contributed by atoms with E-state index in [1.807, 2.05) is 25.5 Å². The number of aryl methyl sites for hydroxylation is 3. The van der Waals surface area contributed by atoms with Crippen molar-refractivity contribution < 1.29 is 9.05 Å². The van der Waals surface area contributed by atoms with Crippen LogP contribution >= 0.6 is 11.6 Å². The van der Waals surface area contributed by atoms with E-state index in [1.165, 1.54) is 32.1 Å². The van der Waals surface area contributed by atoms with Crippen molar-refractivity contribution >= 4 is 28.6 Å². The third-order valence-electron chi connectivity index (χ3n) is 8.32. The van der Waals surface area contributed by atoms with Crippen molar-refractivity contribution in [2.45, 2.75) is 71.8 Å². The van der Waals surface area contributed by atoms with Gasteiger partial charge in [-0.2, -0.15) is 0 Å². The highest BCUT2D eigenvalue weighted by Gasteiger charge is 2.34. The van der Waals surface area contributed by atoms with Crippen molar-refractivity contribution in [2.75, 3.05) is 11.4 Å². The first kappa shape index (κ1) is 28.1. The number of nitrogens with one attached hydrogen (secondary N) is 1. The number of nitrogens with zero attached hydrogens (tertiary/aromatic N) is 7. The zero-order chi connectivity index (χ0) is 29.4. The van der Waals surface area contributed by atoms with E-state index in [-0.39, 0.29) is 11.9 Å². The molecule has 0 bridgehead atoms. The number of hydrogen-bond acceptors (Lipinski definition) is 9. The molecule has 1 aliphatic carbocycles. The minimum atomic E-state index is -0.658. The fourth-order valence-electron chi connectivity index (χ4n) is 6.26. The summed E-state index contributed by atoms with van der Waals surface area (Å²) >= 11 is 6.25. The van der Waals surface area contributed by atoms with Crippen LogP contribution in [0, 0.1) is 19.8 Å². The quantitative estimate of drug-likeness (QED) is 0.247. The standard InChI is InChI=1S/C23H21ClN8O3.C7H14/c1-11-18(12(2)34-29-11)17-5-4-6-32(17)22-27-15-8-16(21-28-23(33)35-30-21)26-19(20(15)31(22)3)13-7-14(24)10-25-9-13;1-7-5-3-2-4-6-7/h7-10,17H,4-6H2,1-3H3,(H,28,30,33);7H,2-6H2,1H3. The van der Waals surface area contributed by atoms with Crippen LogP contribution in [0.4, 0.5) is 5.95 Å². The van der Waals surface area contributed by atoms with Crippen molar-refractivity contribution in [1.29, 1.82) is 0 Å². The Bertz CT molecular complexity index is 1740. The molecular weight excluding hydrogens is 556 g/mol. The van der Waals surface area contributed by atoms with Gasteiger partial charge in [0.15, 0.2) is 0 Å². The molecule has 220 valence electrons. The number of hydrogen-bond donors (Lipinski definition) is 1. The summed E-state index contributed by atoms with van der Waals surface area (Å²) in [6, 6.07) is 3.68. The van der Waals surface area contributed by atoms with Crippen LogP contribution in [0.1, 0.15) is 74.9 Å². The highest BCUT2D eigenvalue weighted by atomic mass is 35.5. The van der Waals surface area contributed by atoms with Crippen LogP contribution in [0.15, 0.2) is 38.4 Å². The monoisotopic (exact) mass is 590 g/mol. The van der Waals surface area contributed by atoms with Crippen molar-refractivity contribution in [3.8, 4) is 22.8 Å². The van der Waals surface area contributed by atoms with Gasteiger partial charge in [-0.3, -0.25) is 14.5 Å². The average molecular weight is 591 g/mol. The first-order valence-corrected chi connectivity index (χ1v) is 14.9. The van der Waals surface area contributed by atoms with Gasteiger partial charge in [0.25, 0.3) is 0 Å².